The highest BCUT2D eigenvalue weighted by Crippen LogP contribution is 2.37. The lowest BCUT2D eigenvalue weighted by atomic mass is 10.1. The van der Waals surface area contributed by atoms with Crippen molar-refractivity contribution < 1.29 is 3.63 Å². The Balaban J connectivity index is 1.94. The van der Waals surface area contributed by atoms with Crippen molar-refractivity contribution in [2.75, 3.05) is 0 Å². The Kier molecular flexibility index (Phi) is 11.3. The Labute approximate surface area is 184 Å². The number of hydrogen-bond donors (Lipinski definition) is 2. The third kappa shape index (κ3) is 8.07. The van der Waals surface area contributed by atoms with Gasteiger partial charge in [0.05, 0.1) is 10.5 Å². The summed E-state index contributed by atoms with van der Waals surface area (Å²) in [5.74, 6) is 1.68. The van der Waals surface area contributed by atoms with Crippen LogP contribution in [0, 0.1) is 0 Å². The molecule has 7 heteroatoms. The highest BCUT2D eigenvalue weighted by Gasteiger charge is 2.21. The first-order valence-corrected chi connectivity index (χ1v) is 12.1. The van der Waals surface area contributed by atoms with Crippen molar-refractivity contribution in [1.82, 2.24) is 19.9 Å². The van der Waals surface area contributed by atoms with Crippen LogP contribution in [0.25, 0.3) is 11.1 Å². The molecule has 2 atom stereocenters. The molecule has 0 bridgehead atoms. The highest BCUT2D eigenvalue weighted by molar-refractivity contribution is 8.08. The molecule has 2 N–H and O–H groups in total. The normalized spacial score (nSPS) is 13.3. The summed E-state index contributed by atoms with van der Waals surface area (Å²) in [6.45, 7) is 13.0. The van der Waals surface area contributed by atoms with Crippen molar-refractivity contribution in [2.45, 2.75) is 75.7 Å². The lowest BCUT2D eigenvalue weighted by Gasteiger charge is -2.20. The summed E-state index contributed by atoms with van der Waals surface area (Å²) in [7, 11) is 0. The van der Waals surface area contributed by atoms with Crippen LogP contribution in [-0.2, 0) is 3.63 Å². The quantitative estimate of drug-likeness (QED) is 0.218. The van der Waals surface area contributed by atoms with E-state index in [0.717, 1.165) is 48.5 Å². The SMILES string of the molecule is C=C(c1ncc[nH]1)C(CCCCC)SOSC(CCCCC)C(=C)c1ncc[nH]1. The maximum Gasteiger partial charge on any atom is 0.133 e. The molecule has 0 radical (unpaired) electrons. The number of aromatic nitrogens is 4. The van der Waals surface area contributed by atoms with Gasteiger partial charge in [0.15, 0.2) is 0 Å². The molecule has 0 amide bonds. The van der Waals surface area contributed by atoms with Gasteiger partial charge in [0, 0.05) is 60.0 Å². The second-order valence-electron chi connectivity index (χ2n) is 7.16. The average molecular weight is 435 g/mol. The summed E-state index contributed by atoms with van der Waals surface area (Å²) in [6, 6.07) is 0. The zero-order valence-electron chi connectivity index (χ0n) is 17.7. The van der Waals surface area contributed by atoms with E-state index in [1.54, 1.807) is 12.4 Å². The van der Waals surface area contributed by atoms with E-state index in [2.05, 4.69) is 46.9 Å². The van der Waals surface area contributed by atoms with Crippen molar-refractivity contribution in [3.05, 3.63) is 49.6 Å². The van der Waals surface area contributed by atoms with Gasteiger partial charge in [-0.1, -0.05) is 65.5 Å². The Morgan fingerprint density at radius 2 is 1.31 bits per heavy atom. The Morgan fingerprint density at radius 1 is 0.862 bits per heavy atom. The predicted octanol–water partition coefficient (Wildman–Crippen LogP) is 7.07. The highest BCUT2D eigenvalue weighted by atomic mass is 32.2. The lowest BCUT2D eigenvalue weighted by Crippen LogP contribution is -2.09. The summed E-state index contributed by atoms with van der Waals surface area (Å²) in [4.78, 5) is 15.1. The van der Waals surface area contributed by atoms with E-state index >= 15 is 0 Å². The molecule has 0 fully saturated rings. The fourth-order valence-electron chi connectivity index (χ4n) is 3.02. The average Bonchev–Trinajstić information content (AvgIpc) is 3.45. The smallest absolute Gasteiger partial charge is 0.133 e. The van der Waals surface area contributed by atoms with Gasteiger partial charge < -0.3 is 9.97 Å². The van der Waals surface area contributed by atoms with E-state index < -0.39 is 0 Å². The fraction of sp³-hybridized carbons (Fsp3) is 0.545. The van der Waals surface area contributed by atoms with Crippen molar-refractivity contribution >= 4 is 35.2 Å². The van der Waals surface area contributed by atoms with E-state index in [1.807, 2.05) is 12.4 Å². The Bertz CT molecular complexity index is 640. The van der Waals surface area contributed by atoms with Crippen molar-refractivity contribution in [2.24, 2.45) is 0 Å². The van der Waals surface area contributed by atoms with Crippen LogP contribution in [0.2, 0.25) is 0 Å². The number of imidazole rings is 2. The van der Waals surface area contributed by atoms with Crippen LogP contribution in [0.3, 0.4) is 0 Å². The van der Waals surface area contributed by atoms with E-state index in [1.165, 1.54) is 49.8 Å². The third-order valence-electron chi connectivity index (χ3n) is 4.83. The summed E-state index contributed by atoms with van der Waals surface area (Å²) < 4.78 is 6.09. The van der Waals surface area contributed by atoms with E-state index in [-0.39, 0.29) is 10.5 Å². The second kappa shape index (κ2) is 13.7. The fourth-order valence-corrected chi connectivity index (χ4v) is 4.95. The van der Waals surface area contributed by atoms with Crippen molar-refractivity contribution in [3.63, 3.8) is 0 Å². The van der Waals surface area contributed by atoms with Crippen LogP contribution in [-0.4, -0.2) is 30.4 Å². The van der Waals surface area contributed by atoms with Gasteiger partial charge in [-0.2, -0.15) is 0 Å². The van der Waals surface area contributed by atoms with Gasteiger partial charge >= 0.3 is 0 Å². The number of nitrogens with zero attached hydrogens (tertiary/aromatic N) is 2. The monoisotopic (exact) mass is 434 g/mol. The number of unbranched alkanes of at least 4 members (excludes halogenated alkanes) is 4. The third-order valence-corrected chi connectivity index (χ3v) is 6.97. The van der Waals surface area contributed by atoms with Crippen LogP contribution >= 0.6 is 24.1 Å². The molecule has 160 valence electrons. The number of rotatable bonds is 16. The minimum absolute atomic E-state index is 0.174. The maximum absolute atomic E-state index is 6.09. The first kappa shape index (κ1) is 23.8. The molecule has 2 aromatic rings. The van der Waals surface area contributed by atoms with Gasteiger partial charge in [0.1, 0.15) is 11.6 Å². The van der Waals surface area contributed by atoms with Gasteiger partial charge in [-0.05, 0) is 12.8 Å². The Hall–Kier alpha value is -1.44. The first-order valence-electron chi connectivity index (χ1n) is 10.5. The molecule has 0 aliphatic carbocycles. The number of H-pyrrole nitrogens is 2. The molecule has 2 rings (SSSR count). The molecule has 2 unspecified atom stereocenters. The molecule has 0 spiro atoms. The number of hydrogen-bond acceptors (Lipinski definition) is 5. The molecular weight excluding hydrogens is 400 g/mol. The van der Waals surface area contributed by atoms with Crippen LogP contribution in [0.1, 0.15) is 76.9 Å². The molecule has 0 aliphatic heterocycles. The largest absolute Gasteiger partial charge is 0.345 e. The minimum atomic E-state index is 0.174. The Morgan fingerprint density at radius 3 is 1.66 bits per heavy atom. The minimum Gasteiger partial charge on any atom is -0.345 e. The van der Waals surface area contributed by atoms with Gasteiger partial charge in [-0.15, -0.1) is 0 Å². The molecule has 5 nitrogen and oxygen atoms in total. The van der Waals surface area contributed by atoms with E-state index in [4.69, 9.17) is 3.63 Å². The van der Waals surface area contributed by atoms with Crippen LogP contribution in [0.15, 0.2) is 37.9 Å². The topological polar surface area (TPSA) is 66.6 Å². The zero-order valence-corrected chi connectivity index (χ0v) is 19.3. The maximum atomic E-state index is 6.09. The van der Waals surface area contributed by atoms with E-state index in [0.29, 0.717) is 0 Å². The van der Waals surface area contributed by atoms with Gasteiger partial charge in [-0.3, -0.25) is 0 Å². The number of aromatic amines is 2. The second-order valence-corrected chi connectivity index (χ2v) is 9.22. The molecule has 0 saturated carbocycles. The summed E-state index contributed by atoms with van der Waals surface area (Å²) >= 11 is 2.98. The standard InChI is InChI=1S/C22H34N4OS2/c1-5-7-9-11-19(17(3)21-23-13-14-24-21)28-27-29-20(12-10-8-6-2)18(4)22-25-15-16-26-22/h13-16,19-20H,3-12H2,1-2H3,(H,23,24)(H,25,26). The molecule has 0 aromatic carbocycles. The van der Waals surface area contributed by atoms with Crippen molar-refractivity contribution in [3.8, 4) is 0 Å². The molecule has 0 aliphatic rings. The van der Waals surface area contributed by atoms with Crippen LogP contribution in [0.5, 0.6) is 0 Å². The predicted molar refractivity (Wildman–Crippen MR) is 127 cm³/mol. The van der Waals surface area contributed by atoms with Gasteiger partial charge in [0.25, 0.3) is 0 Å². The van der Waals surface area contributed by atoms with Gasteiger partial charge in [0.2, 0.25) is 0 Å². The molecule has 29 heavy (non-hydrogen) atoms. The van der Waals surface area contributed by atoms with Crippen molar-refractivity contribution in [1.29, 1.82) is 0 Å². The zero-order chi connectivity index (χ0) is 20.9. The first-order chi connectivity index (χ1) is 14.2. The lowest BCUT2D eigenvalue weighted by molar-refractivity contribution is 0.655. The van der Waals surface area contributed by atoms with Gasteiger partial charge in [-0.25, -0.2) is 13.6 Å². The molecule has 0 saturated heterocycles. The van der Waals surface area contributed by atoms with Crippen LogP contribution < -0.4 is 0 Å². The van der Waals surface area contributed by atoms with Crippen LogP contribution in [0.4, 0.5) is 0 Å². The summed E-state index contributed by atoms with van der Waals surface area (Å²) in [5, 5.41) is 0.349. The summed E-state index contributed by atoms with van der Waals surface area (Å²) in [6.07, 6.45) is 16.4. The molecule has 2 aromatic heterocycles. The number of nitrogens with one attached hydrogen (secondary N) is 2. The summed E-state index contributed by atoms with van der Waals surface area (Å²) in [5.41, 5.74) is 1.98. The van der Waals surface area contributed by atoms with E-state index in [9.17, 15) is 0 Å². The molecular formula is C22H34N4OS2. The molecule has 2 heterocycles.